The molecule has 9 heteroatoms. The Kier molecular flexibility index (Phi) is 7.62. The molecule has 0 bridgehead atoms. The molecule has 180 valence electrons. The number of pyridine rings is 1. The molecule has 0 spiro atoms. The highest BCUT2D eigenvalue weighted by Crippen LogP contribution is 2.28. The van der Waals surface area contributed by atoms with Crippen molar-refractivity contribution in [3.05, 3.63) is 41.5 Å². The van der Waals surface area contributed by atoms with E-state index in [0.29, 0.717) is 17.9 Å². The number of nitrogens with one attached hydrogen (secondary N) is 4. The molecule has 34 heavy (non-hydrogen) atoms. The van der Waals surface area contributed by atoms with E-state index in [1.165, 1.54) is 0 Å². The molecule has 0 aliphatic heterocycles. The molecule has 0 atom stereocenters. The first-order chi connectivity index (χ1) is 16.4. The molecular weight excluding hydrogens is 448 g/mol. The maximum absolute atomic E-state index is 13.1. The summed E-state index contributed by atoms with van der Waals surface area (Å²) in [5.41, 5.74) is 4.97. The number of fused-ring (bicyclic) bond motifs is 1. The van der Waals surface area contributed by atoms with Crippen molar-refractivity contribution < 1.29 is 9.59 Å². The number of amides is 2. The van der Waals surface area contributed by atoms with Crippen LogP contribution in [0.3, 0.4) is 0 Å². The molecule has 8 nitrogen and oxygen atoms in total. The van der Waals surface area contributed by atoms with Gasteiger partial charge < -0.3 is 21.3 Å². The molecule has 2 amide bonds. The van der Waals surface area contributed by atoms with Crippen LogP contribution in [0.5, 0.6) is 0 Å². The average Bonchev–Trinajstić information content (AvgIpc) is 3.27. The summed E-state index contributed by atoms with van der Waals surface area (Å²) < 4.78 is 1.10. The van der Waals surface area contributed by atoms with Gasteiger partial charge in [0, 0.05) is 42.5 Å². The minimum absolute atomic E-state index is 0.0440. The third-order valence-electron chi connectivity index (χ3n) is 5.98. The smallest absolute Gasteiger partial charge is 0.255 e. The van der Waals surface area contributed by atoms with Gasteiger partial charge >= 0.3 is 0 Å². The molecule has 1 aromatic carbocycles. The van der Waals surface area contributed by atoms with Crippen molar-refractivity contribution in [2.45, 2.75) is 58.5 Å². The third-order valence-corrected chi connectivity index (χ3v) is 6.77. The van der Waals surface area contributed by atoms with E-state index in [-0.39, 0.29) is 29.8 Å². The van der Waals surface area contributed by atoms with Crippen molar-refractivity contribution in [3.63, 3.8) is 0 Å². The zero-order valence-electron chi connectivity index (χ0n) is 19.9. The quantitative estimate of drug-likeness (QED) is 0.373. The first-order valence-corrected chi connectivity index (χ1v) is 12.8. The maximum Gasteiger partial charge on any atom is 0.255 e. The van der Waals surface area contributed by atoms with E-state index >= 15 is 0 Å². The van der Waals surface area contributed by atoms with Crippen LogP contribution in [-0.4, -0.2) is 40.4 Å². The number of anilines is 3. The Morgan fingerprint density at radius 3 is 2.65 bits per heavy atom. The molecule has 2 heterocycles. The van der Waals surface area contributed by atoms with E-state index in [4.69, 9.17) is 0 Å². The summed E-state index contributed by atoms with van der Waals surface area (Å²) in [6, 6.07) is 8.08. The maximum atomic E-state index is 13.1. The van der Waals surface area contributed by atoms with Gasteiger partial charge in [0.25, 0.3) is 5.91 Å². The van der Waals surface area contributed by atoms with E-state index in [0.717, 1.165) is 47.3 Å². The van der Waals surface area contributed by atoms with Crippen LogP contribution in [0.15, 0.2) is 36.0 Å². The fraction of sp³-hybridized carbons (Fsp3) is 0.440. The van der Waals surface area contributed by atoms with Crippen molar-refractivity contribution in [1.82, 2.24) is 20.6 Å². The number of nitrogens with zero attached hydrogens (tertiary/aromatic N) is 2. The summed E-state index contributed by atoms with van der Waals surface area (Å²) in [6.07, 6.45) is 4.80. The fourth-order valence-electron chi connectivity index (χ4n) is 4.30. The number of benzene rings is 1. The Morgan fingerprint density at radius 2 is 1.91 bits per heavy atom. The van der Waals surface area contributed by atoms with Gasteiger partial charge in [-0.05, 0) is 64.7 Å². The van der Waals surface area contributed by atoms with Crippen LogP contribution in [0.25, 0.3) is 10.2 Å². The minimum Gasteiger partial charge on any atom is -0.382 e. The third kappa shape index (κ3) is 5.83. The summed E-state index contributed by atoms with van der Waals surface area (Å²) in [5.74, 6) is 0.681. The lowest BCUT2D eigenvalue weighted by Crippen LogP contribution is -2.41. The van der Waals surface area contributed by atoms with Gasteiger partial charge in [-0.3, -0.25) is 9.59 Å². The summed E-state index contributed by atoms with van der Waals surface area (Å²) >= 11 is 1.59. The van der Waals surface area contributed by atoms with Gasteiger partial charge in [0.05, 0.1) is 27.0 Å². The van der Waals surface area contributed by atoms with Crippen molar-refractivity contribution in [2.75, 3.05) is 17.2 Å². The van der Waals surface area contributed by atoms with E-state index in [9.17, 15) is 9.59 Å². The molecule has 1 aliphatic carbocycles. The summed E-state index contributed by atoms with van der Waals surface area (Å²) in [7, 11) is 0. The van der Waals surface area contributed by atoms with Gasteiger partial charge in [-0.2, -0.15) is 0 Å². The van der Waals surface area contributed by atoms with Gasteiger partial charge in [0.1, 0.15) is 5.82 Å². The first kappa shape index (κ1) is 23.9. The van der Waals surface area contributed by atoms with Crippen LogP contribution in [0, 0.1) is 5.92 Å². The second-order valence-corrected chi connectivity index (χ2v) is 9.88. The molecule has 0 radical (unpaired) electrons. The fourth-order valence-corrected chi connectivity index (χ4v) is 5.01. The van der Waals surface area contributed by atoms with E-state index in [2.05, 4.69) is 31.2 Å². The number of hydrogen-bond donors (Lipinski definition) is 4. The number of rotatable bonds is 8. The molecule has 1 saturated carbocycles. The number of carbonyl (C=O) groups excluding carboxylic acids is 2. The SMILES string of the molecule is CCNC(=O)C1CCC(NC(=O)c2cnc(Nc3ccc4ncsc4c3)cc2NC(C)C)CC1. The lowest BCUT2D eigenvalue weighted by atomic mass is 9.85. The topological polar surface area (TPSA) is 108 Å². The Hall–Kier alpha value is -3.20. The van der Waals surface area contributed by atoms with Crippen molar-refractivity contribution in [2.24, 2.45) is 5.92 Å². The highest BCUT2D eigenvalue weighted by atomic mass is 32.1. The number of hydrogen-bond acceptors (Lipinski definition) is 7. The Bertz CT molecular complexity index is 1150. The standard InChI is InChI=1S/C25H32N6O2S/c1-4-26-24(32)16-5-7-17(8-6-16)31-25(33)19-13-27-23(12-21(19)29-15(2)3)30-18-9-10-20-22(11-18)34-14-28-20/h9-17H,4-8H2,1-3H3,(H,26,32)(H,31,33)(H2,27,29,30). The van der Waals surface area contributed by atoms with Crippen LogP contribution >= 0.6 is 11.3 Å². The molecule has 4 rings (SSSR count). The van der Waals surface area contributed by atoms with Crippen LogP contribution in [-0.2, 0) is 4.79 Å². The molecule has 0 saturated heterocycles. The highest BCUT2D eigenvalue weighted by Gasteiger charge is 2.27. The summed E-state index contributed by atoms with van der Waals surface area (Å²) in [4.78, 5) is 34.0. The summed E-state index contributed by atoms with van der Waals surface area (Å²) in [6.45, 7) is 6.66. The van der Waals surface area contributed by atoms with Gasteiger partial charge in [-0.15, -0.1) is 11.3 Å². The van der Waals surface area contributed by atoms with Gasteiger partial charge in [-0.1, -0.05) is 0 Å². The van der Waals surface area contributed by atoms with Crippen molar-refractivity contribution in [1.29, 1.82) is 0 Å². The van der Waals surface area contributed by atoms with Gasteiger partial charge in [0.2, 0.25) is 5.91 Å². The number of aromatic nitrogens is 2. The van der Waals surface area contributed by atoms with Crippen LogP contribution in [0.2, 0.25) is 0 Å². The molecule has 1 fully saturated rings. The molecule has 1 aliphatic rings. The number of carbonyl (C=O) groups is 2. The average molecular weight is 481 g/mol. The summed E-state index contributed by atoms with van der Waals surface area (Å²) in [5, 5.41) is 12.8. The Morgan fingerprint density at radius 1 is 1.12 bits per heavy atom. The highest BCUT2D eigenvalue weighted by molar-refractivity contribution is 7.16. The van der Waals surface area contributed by atoms with Gasteiger partial charge in [0.15, 0.2) is 0 Å². The normalized spacial score (nSPS) is 18.0. The lowest BCUT2D eigenvalue weighted by molar-refractivity contribution is -0.125. The first-order valence-electron chi connectivity index (χ1n) is 11.9. The molecule has 0 unspecified atom stereocenters. The Balaban J connectivity index is 1.44. The molecule has 4 N–H and O–H groups in total. The number of thiazole rings is 1. The minimum atomic E-state index is -0.144. The predicted molar refractivity (Wildman–Crippen MR) is 138 cm³/mol. The second kappa shape index (κ2) is 10.8. The molecule has 2 aromatic heterocycles. The van der Waals surface area contributed by atoms with E-state index < -0.39 is 0 Å². The monoisotopic (exact) mass is 480 g/mol. The largest absolute Gasteiger partial charge is 0.382 e. The zero-order valence-corrected chi connectivity index (χ0v) is 20.7. The van der Waals surface area contributed by atoms with Crippen molar-refractivity contribution >= 4 is 50.6 Å². The van der Waals surface area contributed by atoms with Crippen LogP contribution < -0.4 is 21.3 Å². The van der Waals surface area contributed by atoms with Gasteiger partial charge in [-0.25, -0.2) is 9.97 Å². The predicted octanol–water partition coefficient (Wildman–Crippen LogP) is 4.68. The van der Waals surface area contributed by atoms with Crippen LogP contribution in [0.1, 0.15) is 56.8 Å². The van der Waals surface area contributed by atoms with Crippen LogP contribution in [0.4, 0.5) is 17.2 Å². The van der Waals surface area contributed by atoms with E-state index in [1.807, 2.05) is 50.5 Å². The molecular formula is C25H32N6O2S. The second-order valence-electron chi connectivity index (χ2n) is 8.99. The zero-order chi connectivity index (χ0) is 24.1. The Labute approximate surface area is 204 Å². The molecule has 3 aromatic rings. The lowest BCUT2D eigenvalue weighted by Gasteiger charge is -2.28. The van der Waals surface area contributed by atoms with E-state index in [1.54, 1.807) is 17.5 Å². The van der Waals surface area contributed by atoms with Crippen molar-refractivity contribution in [3.8, 4) is 0 Å².